The van der Waals surface area contributed by atoms with Crippen molar-refractivity contribution in [2.24, 2.45) is 0 Å². The van der Waals surface area contributed by atoms with Crippen molar-refractivity contribution in [2.45, 2.75) is 52.1 Å². The van der Waals surface area contributed by atoms with Gasteiger partial charge in [0.2, 0.25) is 0 Å². The molecule has 0 fully saturated rings. The van der Waals surface area contributed by atoms with Crippen molar-refractivity contribution in [3.63, 3.8) is 0 Å². The lowest BCUT2D eigenvalue weighted by Gasteiger charge is -2.22. The number of thiophene rings is 1. The topological polar surface area (TPSA) is 46.9 Å². The van der Waals surface area contributed by atoms with Crippen LogP contribution >= 0.6 is 11.3 Å². The number of aromatic nitrogens is 2. The second-order valence-corrected chi connectivity index (χ2v) is 7.71. The standard InChI is InChI=1S/C16H21N3OS/c1-16(2,3)19-8-7-17-14(15(19)20)18-10-12-9-11-5-4-6-13(11)21-12/h7-9H,4-6,10H2,1-3H3,(H,17,18). The summed E-state index contributed by atoms with van der Waals surface area (Å²) >= 11 is 1.86. The molecule has 5 heteroatoms. The van der Waals surface area contributed by atoms with E-state index in [1.54, 1.807) is 17.0 Å². The maximum atomic E-state index is 12.4. The average molecular weight is 303 g/mol. The van der Waals surface area contributed by atoms with E-state index in [4.69, 9.17) is 0 Å². The first-order valence-electron chi connectivity index (χ1n) is 7.37. The molecule has 0 atom stereocenters. The molecule has 2 heterocycles. The second kappa shape index (κ2) is 5.30. The maximum Gasteiger partial charge on any atom is 0.293 e. The summed E-state index contributed by atoms with van der Waals surface area (Å²) in [5, 5.41) is 3.20. The Labute approximate surface area is 128 Å². The lowest BCUT2D eigenvalue weighted by molar-refractivity contribution is 0.383. The number of anilines is 1. The van der Waals surface area contributed by atoms with Crippen LogP contribution in [0.1, 0.15) is 42.5 Å². The van der Waals surface area contributed by atoms with E-state index in [1.807, 2.05) is 32.1 Å². The Hall–Kier alpha value is -1.62. The molecule has 1 aliphatic rings. The molecule has 0 amide bonds. The van der Waals surface area contributed by atoms with E-state index in [0.29, 0.717) is 12.4 Å². The van der Waals surface area contributed by atoms with Crippen LogP contribution in [0.3, 0.4) is 0 Å². The van der Waals surface area contributed by atoms with Gasteiger partial charge in [-0.1, -0.05) is 0 Å². The predicted octanol–water partition coefficient (Wildman–Crippen LogP) is 3.16. The van der Waals surface area contributed by atoms with Crippen molar-refractivity contribution in [3.05, 3.63) is 44.1 Å². The molecule has 3 rings (SSSR count). The van der Waals surface area contributed by atoms with E-state index in [2.05, 4.69) is 16.4 Å². The van der Waals surface area contributed by atoms with Gasteiger partial charge in [0, 0.05) is 27.7 Å². The summed E-state index contributed by atoms with van der Waals surface area (Å²) in [7, 11) is 0. The minimum atomic E-state index is -0.236. The maximum absolute atomic E-state index is 12.4. The highest BCUT2D eigenvalue weighted by atomic mass is 32.1. The number of hydrogen-bond acceptors (Lipinski definition) is 4. The molecule has 0 bridgehead atoms. The highest BCUT2D eigenvalue weighted by molar-refractivity contribution is 7.12. The molecule has 0 aliphatic heterocycles. The molecular formula is C16H21N3OS. The SMILES string of the molecule is CC(C)(C)n1ccnc(NCc2cc3c(s2)CCC3)c1=O. The van der Waals surface area contributed by atoms with Crippen molar-refractivity contribution < 1.29 is 0 Å². The third kappa shape index (κ3) is 2.88. The zero-order chi connectivity index (χ0) is 15.0. The molecule has 2 aromatic heterocycles. The summed E-state index contributed by atoms with van der Waals surface area (Å²) in [6.45, 7) is 6.72. The predicted molar refractivity (Wildman–Crippen MR) is 87.2 cm³/mol. The number of fused-ring (bicyclic) bond motifs is 1. The van der Waals surface area contributed by atoms with Crippen LogP contribution in [-0.2, 0) is 24.9 Å². The van der Waals surface area contributed by atoms with Gasteiger partial charge in [-0.05, 0) is 51.7 Å². The Kier molecular flexibility index (Phi) is 3.61. The van der Waals surface area contributed by atoms with Crippen LogP contribution in [0.5, 0.6) is 0 Å². The van der Waals surface area contributed by atoms with E-state index in [1.165, 1.54) is 34.6 Å². The lowest BCUT2D eigenvalue weighted by atomic mass is 10.1. The number of aryl methyl sites for hydroxylation is 2. The highest BCUT2D eigenvalue weighted by Gasteiger charge is 2.17. The fraction of sp³-hybridized carbons (Fsp3) is 0.500. The number of rotatable bonds is 3. The number of hydrogen-bond donors (Lipinski definition) is 1. The zero-order valence-electron chi connectivity index (χ0n) is 12.8. The molecule has 4 nitrogen and oxygen atoms in total. The van der Waals surface area contributed by atoms with Gasteiger partial charge in [-0.15, -0.1) is 11.3 Å². The van der Waals surface area contributed by atoms with Gasteiger partial charge in [0.25, 0.3) is 5.56 Å². The fourth-order valence-electron chi connectivity index (χ4n) is 2.71. The molecule has 112 valence electrons. The van der Waals surface area contributed by atoms with Gasteiger partial charge in [0.15, 0.2) is 5.82 Å². The molecule has 1 aliphatic carbocycles. The van der Waals surface area contributed by atoms with Crippen LogP contribution in [-0.4, -0.2) is 9.55 Å². The summed E-state index contributed by atoms with van der Waals surface area (Å²) in [4.78, 5) is 19.4. The Bertz CT molecular complexity index is 688. The van der Waals surface area contributed by atoms with Gasteiger partial charge in [-0.3, -0.25) is 4.79 Å². The molecule has 1 N–H and O–H groups in total. The summed E-state index contributed by atoms with van der Waals surface area (Å²) < 4.78 is 1.72. The average Bonchev–Trinajstić information content (AvgIpc) is 2.96. The smallest absolute Gasteiger partial charge is 0.293 e. The minimum Gasteiger partial charge on any atom is -0.361 e. The van der Waals surface area contributed by atoms with Gasteiger partial charge in [-0.25, -0.2) is 4.98 Å². The molecule has 0 unspecified atom stereocenters. The van der Waals surface area contributed by atoms with Gasteiger partial charge in [-0.2, -0.15) is 0 Å². The summed E-state index contributed by atoms with van der Waals surface area (Å²) in [5.41, 5.74) is 1.19. The van der Waals surface area contributed by atoms with Crippen molar-refractivity contribution in [1.82, 2.24) is 9.55 Å². The third-order valence-electron chi connectivity index (χ3n) is 3.79. The van der Waals surface area contributed by atoms with E-state index in [0.717, 1.165) is 0 Å². The van der Waals surface area contributed by atoms with Crippen LogP contribution < -0.4 is 10.9 Å². The Morgan fingerprint density at radius 1 is 1.38 bits per heavy atom. The molecule has 0 aromatic carbocycles. The van der Waals surface area contributed by atoms with E-state index in [-0.39, 0.29) is 11.1 Å². The molecule has 0 radical (unpaired) electrons. The van der Waals surface area contributed by atoms with Crippen LogP contribution in [0.25, 0.3) is 0 Å². The van der Waals surface area contributed by atoms with E-state index in [9.17, 15) is 4.79 Å². The zero-order valence-corrected chi connectivity index (χ0v) is 13.6. The molecule has 21 heavy (non-hydrogen) atoms. The Morgan fingerprint density at radius 2 is 2.19 bits per heavy atom. The summed E-state index contributed by atoms with van der Waals surface area (Å²) in [6, 6.07) is 2.27. The van der Waals surface area contributed by atoms with Crippen molar-refractivity contribution in [1.29, 1.82) is 0 Å². The first-order valence-corrected chi connectivity index (χ1v) is 8.19. The van der Waals surface area contributed by atoms with E-state index >= 15 is 0 Å². The van der Waals surface area contributed by atoms with Gasteiger partial charge < -0.3 is 9.88 Å². The molecule has 0 spiro atoms. The second-order valence-electron chi connectivity index (χ2n) is 6.49. The van der Waals surface area contributed by atoms with Gasteiger partial charge in [0.1, 0.15) is 0 Å². The van der Waals surface area contributed by atoms with Crippen molar-refractivity contribution >= 4 is 17.2 Å². The Balaban J connectivity index is 1.77. The van der Waals surface area contributed by atoms with Crippen LogP contribution in [0, 0.1) is 0 Å². The first kappa shape index (κ1) is 14.3. The van der Waals surface area contributed by atoms with Crippen molar-refractivity contribution in [3.8, 4) is 0 Å². The highest BCUT2D eigenvalue weighted by Crippen LogP contribution is 2.30. The molecule has 0 saturated heterocycles. The molecule has 2 aromatic rings. The molecule has 0 saturated carbocycles. The lowest BCUT2D eigenvalue weighted by Crippen LogP contribution is -2.35. The van der Waals surface area contributed by atoms with Gasteiger partial charge in [0.05, 0.1) is 6.54 Å². The Morgan fingerprint density at radius 3 is 2.90 bits per heavy atom. The third-order valence-corrected chi connectivity index (χ3v) is 5.03. The minimum absolute atomic E-state index is 0.0610. The summed E-state index contributed by atoms with van der Waals surface area (Å²) in [6.07, 6.45) is 7.12. The monoisotopic (exact) mass is 303 g/mol. The van der Waals surface area contributed by atoms with Crippen LogP contribution in [0.2, 0.25) is 0 Å². The largest absolute Gasteiger partial charge is 0.361 e. The quantitative estimate of drug-likeness (QED) is 0.947. The van der Waals surface area contributed by atoms with Crippen LogP contribution in [0.15, 0.2) is 23.3 Å². The normalized spacial score (nSPS) is 14.2. The van der Waals surface area contributed by atoms with Crippen molar-refractivity contribution in [2.75, 3.05) is 5.32 Å². The van der Waals surface area contributed by atoms with Crippen LogP contribution in [0.4, 0.5) is 5.82 Å². The van der Waals surface area contributed by atoms with Gasteiger partial charge >= 0.3 is 0 Å². The number of nitrogens with one attached hydrogen (secondary N) is 1. The first-order chi connectivity index (χ1) is 9.95. The van der Waals surface area contributed by atoms with E-state index < -0.39 is 0 Å². The molecular weight excluding hydrogens is 282 g/mol. The number of nitrogens with zero attached hydrogens (tertiary/aromatic N) is 2. The summed E-state index contributed by atoms with van der Waals surface area (Å²) in [5.74, 6) is 0.431. The fourth-order valence-corrected chi connectivity index (χ4v) is 3.91.